The van der Waals surface area contributed by atoms with Gasteiger partial charge in [0.2, 0.25) is 5.91 Å². The van der Waals surface area contributed by atoms with E-state index < -0.39 is 0 Å². The third kappa shape index (κ3) is 3.24. The number of aromatic nitrogens is 2. The normalized spacial score (nSPS) is 15.0. The number of thiophene rings is 1. The third-order valence-electron chi connectivity index (χ3n) is 4.24. The molecule has 1 aliphatic carbocycles. The summed E-state index contributed by atoms with van der Waals surface area (Å²) in [6, 6.07) is 0. The highest BCUT2D eigenvalue weighted by Gasteiger charge is 2.24. The summed E-state index contributed by atoms with van der Waals surface area (Å²) < 4.78 is 1.59. The average molecular weight is 366 g/mol. The zero-order chi connectivity index (χ0) is 17.4. The Morgan fingerprint density at radius 2 is 2.12 bits per heavy atom. The highest BCUT2D eigenvalue weighted by atomic mass is 32.2. The van der Waals surface area contributed by atoms with Crippen molar-refractivity contribution in [2.75, 3.05) is 6.54 Å². The average Bonchev–Trinajstić information content (AvgIpc) is 3.10. The first-order chi connectivity index (χ1) is 11.4. The standard InChI is InChI=1S/C17H23N3O2S2/c1-9(2)8-18-14(21)10(3)23-17-19-15-13(16(22)20(17)4)11-6-5-7-12(11)24-15/h9-10H,5-8H2,1-4H3,(H,18,21). The van der Waals surface area contributed by atoms with Crippen molar-refractivity contribution in [1.82, 2.24) is 14.9 Å². The van der Waals surface area contributed by atoms with Crippen molar-refractivity contribution in [1.29, 1.82) is 0 Å². The van der Waals surface area contributed by atoms with Crippen molar-refractivity contribution in [3.05, 3.63) is 20.8 Å². The van der Waals surface area contributed by atoms with Gasteiger partial charge in [0.05, 0.1) is 10.6 Å². The molecule has 0 spiro atoms. The number of amides is 1. The molecule has 1 N–H and O–H groups in total. The molecule has 0 bridgehead atoms. The molecule has 0 saturated heterocycles. The SMILES string of the molecule is CC(C)CNC(=O)C(C)Sc1nc2sc3c(c2c(=O)n1C)CCC3. The van der Waals surface area contributed by atoms with Crippen LogP contribution in [0.1, 0.15) is 37.6 Å². The molecular weight excluding hydrogens is 342 g/mol. The molecule has 2 aromatic rings. The maximum Gasteiger partial charge on any atom is 0.262 e. The van der Waals surface area contributed by atoms with Gasteiger partial charge in [0.25, 0.3) is 5.56 Å². The maximum absolute atomic E-state index is 12.8. The first-order valence-corrected chi connectivity index (χ1v) is 10.0. The number of thioether (sulfide) groups is 1. The lowest BCUT2D eigenvalue weighted by Gasteiger charge is -2.14. The monoisotopic (exact) mass is 365 g/mol. The molecule has 5 nitrogen and oxygen atoms in total. The highest BCUT2D eigenvalue weighted by molar-refractivity contribution is 8.00. The Morgan fingerprint density at radius 3 is 2.83 bits per heavy atom. The van der Waals surface area contributed by atoms with Crippen molar-refractivity contribution in [2.24, 2.45) is 13.0 Å². The number of nitrogens with one attached hydrogen (secondary N) is 1. The molecule has 1 atom stereocenters. The summed E-state index contributed by atoms with van der Waals surface area (Å²) in [7, 11) is 1.74. The maximum atomic E-state index is 12.8. The van der Waals surface area contributed by atoms with Crippen molar-refractivity contribution in [3.63, 3.8) is 0 Å². The fourth-order valence-electron chi connectivity index (χ4n) is 2.87. The van der Waals surface area contributed by atoms with E-state index in [9.17, 15) is 9.59 Å². The molecule has 2 heterocycles. The predicted octanol–water partition coefficient (Wildman–Crippen LogP) is 2.74. The van der Waals surface area contributed by atoms with Gasteiger partial charge in [-0.15, -0.1) is 11.3 Å². The zero-order valence-electron chi connectivity index (χ0n) is 14.5. The van der Waals surface area contributed by atoms with Crippen LogP contribution in [-0.2, 0) is 24.7 Å². The number of hydrogen-bond donors (Lipinski definition) is 1. The van der Waals surface area contributed by atoms with Crippen LogP contribution in [0.5, 0.6) is 0 Å². The van der Waals surface area contributed by atoms with E-state index in [0.717, 1.165) is 29.5 Å². The lowest BCUT2D eigenvalue weighted by Crippen LogP contribution is -2.34. The number of hydrogen-bond acceptors (Lipinski definition) is 5. The van der Waals surface area contributed by atoms with E-state index >= 15 is 0 Å². The van der Waals surface area contributed by atoms with Crippen LogP contribution in [-0.4, -0.2) is 27.3 Å². The van der Waals surface area contributed by atoms with Crippen LogP contribution in [0.4, 0.5) is 0 Å². The van der Waals surface area contributed by atoms with Gasteiger partial charge in [-0.25, -0.2) is 4.98 Å². The van der Waals surface area contributed by atoms with E-state index in [2.05, 4.69) is 24.1 Å². The molecule has 7 heteroatoms. The van der Waals surface area contributed by atoms with Crippen LogP contribution >= 0.6 is 23.1 Å². The Kier molecular flexibility index (Phi) is 5.01. The van der Waals surface area contributed by atoms with Crippen LogP contribution < -0.4 is 10.9 Å². The van der Waals surface area contributed by atoms with Gasteiger partial charge < -0.3 is 5.32 Å². The molecule has 0 aliphatic heterocycles. The first-order valence-electron chi connectivity index (χ1n) is 8.34. The van der Waals surface area contributed by atoms with Gasteiger partial charge in [0.15, 0.2) is 5.16 Å². The van der Waals surface area contributed by atoms with Crippen LogP contribution in [0, 0.1) is 5.92 Å². The van der Waals surface area contributed by atoms with Crippen molar-refractivity contribution in [3.8, 4) is 0 Å². The summed E-state index contributed by atoms with van der Waals surface area (Å²) in [5, 5.41) is 4.05. The van der Waals surface area contributed by atoms with Crippen LogP contribution in [0.2, 0.25) is 0 Å². The number of aryl methyl sites for hydroxylation is 2. The van der Waals surface area contributed by atoms with E-state index in [0.29, 0.717) is 17.6 Å². The molecule has 130 valence electrons. The summed E-state index contributed by atoms with van der Waals surface area (Å²) >= 11 is 2.98. The van der Waals surface area contributed by atoms with Crippen LogP contribution in [0.25, 0.3) is 10.2 Å². The summed E-state index contributed by atoms with van der Waals surface area (Å²) in [6.07, 6.45) is 3.16. The molecule has 1 amide bonds. The van der Waals surface area contributed by atoms with Gasteiger partial charge >= 0.3 is 0 Å². The van der Waals surface area contributed by atoms with E-state index in [4.69, 9.17) is 0 Å². The minimum absolute atomic E-state index is 0.0108. The quantitative estimate of drug-likeness (QED) is 0.654. The van der Waals surface area contributed by atoms with Gasteiger partial charge in [-0.1, -0.05) is 25.6 Å². The molecule has 0 saturated carbocycles. The molecule has 3 rings (SSSR count). The molecular formula is C17H23N3O2S2. The van der Waals surface area contributed by atoms with E-state index in [1.807, 2.05) is 6.92 Å². The zero-order valence-corrected chi connectivity index (χ0v) is 16.1. The van der Waals surface area contributed by atoms with Gasteiger partial charge in [0, 0.05) is 18.5 Å². The first kappa shape index (κ1) is 17.5. The highest BCUT2D eigenvalue weighted by Crippen LogP contribution is 2.35. The summed E-state index contributed by atoms with van der Waals surface area (Å²) in [5.74, 6) is 0.398. The smallest absolute Gasteiger partial charge is 0.262 e. The molecule has 0 radical (unpaired) electrons. The molecule has 0 aromatic carbocycles. The van der Waals surface area contributed by atoms with Gasteiger partial charge in [-0.2, -0.15) is 0 Å². The van der Waals surface area contributed by atoms with Crippen molar-refractivity contribution in [2.45, 2.75) is 50.4 Å². The molecule has 24 heavy (non-hydrogen) atoms. The summed E-state index contributed by atoms with van der Waals surface area (Å²) in [5.41, 5.74) is 1.21. The van der Waals surface area contributed by atoms with E-state index in [1.54, 1.807) is 23.0 Å². The third-order valence-corrected chi connectivity index (χ3v) is 6.57. The molecule has 1 aliphatic rings. The Hall–Kier alpha value is -1.34. The van der Waals surface area contributed by atoms with Crippen LogP contribution in [0.15, 0.2) is 9.95 Å². The Morgan fingerprint density at radius 1 is 1.38 bits per heavy atom. The summed E-state index contributed by atoms with van der Waals surface area (Å²) in [6.45, 7) is 6.64. The minimum atomic E-state index is -0.286. The topological polar surface area (TPSA) is 64.0 Å². The molecule has 2 aromatic heterocycles. The van der Waals surface area contributed by atoms with Crippen molar-refractivity contribution >= 4 is 39.2 Å². The second-order valence-corrected chi connectivity index (χ2v) is 9.09. The Balaban J connectivity index is 1.86. The number of rotatable bonds is 5. The lowest BCUT2D eigenvalue weighted by molar-refractivity contribution is -0.120. The van der Waals surface area contributed by atoms with Gasteiger partial charge in [0.1, 0.15) is 4.83 Å². The van der Waals surface area contributed by atoms with Gasteiger partial charge in [-0.05, 0) is 37.7 Å². The Labute approximate surface area is 149 Å². The lowest BCUT2D eigenvalue weighted by atomic mass is 10.2. The number of carbonyl (C=O) groups is 1. The van der Waals surface area contributed by atoms with E-state index in [-0.39, 0.29) is 16.7 Å². The van der Waals surface area contributed by atoms with Crippen LogP contribution in [0.3, 0.4) is 0 Å². The molecule has 1 unspecified atom stereocenters. The van der Waals surface area contributed by atoms with Gasteiger partial charge in [-0.3, -0.25) is 14.2 Å². The van der Waals surface area contributed by atoms with E-state index in [1.165, 1.54) is 22.2 Å². The fourth-order valence-corrected chi connectivity index (χ4v) is 5.07. The minimum Gasteiger partial charge on any atom is -0.355 e. The second-order valence-electron chi connectivity index (χ2n) is 6.70. The van der Waals surface area contributed by atoms with Crippen molar-refractivity contribution < 1.29 is 4.79 Å². The summed E-state index contributed by atoms with van der Waals surface area (Å²) in [4.78, 5) is 31.7. The number of nitrogens with zero attached hydrogens (tertiary/aromatic N) is 2. The largest absolute Gasteiger partial charge is 0.355 e. The number of carbonyl (C=O) groups excluding carboxylic acids is 1. The second kappa shape index (κ2) is 6.88. The predicted molar refractivity (Wildman–Crippen MR) is 100 cm³/mol. The fraction of sp³-hybridized carbons (Fsp3) is 0.588. The molecule has 0 fully saturated rings. The Bertz CT molecular complexity index is 838. The number of fused-ring (bicyclic) bond motifs is 3.